The van der Waals surface area contributed by atoms with E-state index in [0.29, 0.717) is 17.4 Å². The van der Waals surface area contributed by atoms with Crippen LogP contribution in [-0.2, 0) is 22.7 Å². The minimum absolute atomic E-state index is 0.104. The molecule has 1 atom stereocenters. The molecule has 0 radical (unpaired) electrons. The van der Waals surface area contributed by atoms with Crippen LogP contribution in [0.3, 0.4) is 0 Å². The first-order valence-corrected chi connectivity index (χ1v) is 7.85. The summed E-state index contributed by atoms with van der Waals surface area (Å²) in [5.74, 6) is -1.38. The van der Waals surface area contributed by atoms with Gasteiger partial charge in [-0.1, -0.05) is 0 Å². The zero-order chi connectivity index (χ0) is 17.4. The van der Waals surface area contributed by atoms with E-state index in [2.05, 4.69) is 10.2 Å². The third kappa shape index (κ3) is 2.50. The Morgan fingerprint density at radius 1 is 1.21 bits per heavy atom. The lowest BCUT2D eigenvalue weighted by Gasteiger charge is -2.24. The van der Waals surface area contributed by atoms with Crippen LogP contribution in [0.5, 0.6) is 0 Å². The molecule has 1 N–H and O–H groups in total. The molecule has 3 amide bonds. The zero-order valence-corrected chi connectivity index (χ0v) is 13.7. The van der Waals surface area contributed by atoms with Gasteiger partial charge in [0.15, 0.2) is 0 Å². The quantitative estimate of drug-likeness (QED) is 0.621. The highest BCUT2D eigenvalue weighted by molar-refractivity contribution is 6.23. The Morgan fingerprint density at radius 3 is 2.21 bits per heavy atom. The van der Waals surface area contributed by atoms with E-state index in [-0.39, 0.29) is 12.8 Å². The smallest absolute Gasteiger partial charge is 0.262 e. The molecule has 0 bridgehead atoms. The number of fused-ring (bicyclic) bond motifs is 2. The first kappa shape index (κ1) is 16.3. The lowest BCUT2D eigenvalue weighted by atomic mass is 10.0. The molecular formula is C17H19N3O4. The lowest BCUT2D eigenvalue weighted by molar-refractivity contribution is -0.124. The predicted octanol–water partition coefficient (Wildman–Crippen LogP) is 0.322. The van der Waals surface area contributed by atoms with E-state index in [1.54, 1.807) is 12.1 Å². The van der Waals surface area contributed by atoms with Crippen LogP contribution in [0.25, 0.3) is 0 Å². The second kappa shape index (κ2) is 6.16. The van der Waals surface area contributed by atoms with Gasteiger partial charge in [-0.25, -0.2) is 0 Å². The van der Waals surface area contributed by atoms with Crippen molar-refractivity contribution in [2.24, 2.45) is 0 Å². The maximum Gasteiger partial charge on any atom is 0.262 e. The SMILES string of the molecule is CNC(=O)C(CCC=O)N1C(=O)c2cc3c(cc2C1=O)CN(C)C3. The monoisotopic (exact) mass is 329 g/mol. The van der Waals surface area contributed by atoms with Crippen LogP contribution >= 0.6 is 0 Å². The lowest BCUT2D eigenvalue weighted by Crippen LogP contribution is -2.48. The summed E-state index contributed by atoms with van der Waals surface area (Å²) < 4.78 is 0. The van der Waals surface area contributed by atoms with Crippen LogP contribution in [0.4, 0.5) is 0 Å². The molecule has 0 spiro atoms. The van der Waals surface area contributed by atoms with Gasteiger partial charge in [-0.2, -0.15) is 0 Å². The van der Waals surface area contributed by atoms with E-state index in [0.717, 1.165) is 29.1 Å². The molecule has 2 aliphatic heterocycles. The minimum Gasteiger partial charge on any atom is -0.357 e. The fraction of sp³-hybridized carbons (Fsp3) is 0.412. The van der Waals surface area contributed by atoms with Gasteiger partial charge in [0.05, 0.1) is 11.1 Å². The van der Waals surface area contributed by atoms with Gasteiger partial charge >= 0.3 is 0 Å². The van der Waals surface area contributed by atoms with Crippen LogP contribution in [0.15, 0.2) is 12.1 Å². The standard InChI is InChI=1S/C17H19N3O4/c1-18-15(22)14(4-3-5-21)20-16(23)12-6-10-8-19(2)9-11(10)7-13(12)17(20)24/h5-7,14H,3-4,8-9H2,1-2H3,(H,18,22). The van der Waals surface area contributed by atoms with Crippen molar-refractivity contribution in [1.29, 1.82) is 0 Å². The molecular weight excluding hydrogens is 310 g/mol. The van der Waals surface area contributed by atoms with Gasteiger partial charge in [0.1, 0.15) is 12.3 Å². The number of carbonyl (C=O) groups is 4. The van der Waals surface area contributed by atoms with E-state index in [9.17, 15) is 19.2 Å². The second-order valence-corrected chi connectivity index (χ2v) is 6.19. The van der Waals surface area contributed by atoms with E-state index in [4.69, 9.17) is 0 Å². The number of hydrogen-bond donors (Lipinski definition) is 1. The Kier molecular flexibility index (Phi) is 4.19. The average molecular weight is 329 g/mol. The van der Waals surface area contributed by atoms with Crippen molar-refractivity contribution in [2.45, 2.75) is 32.0 Å². The van der Waals surface area contributed by atoms with E-state index in [1.807, 2.05) is 7.05 Å². The van der Waals surface area contributed by atoms with Crippen LogP contribution < -0.4 is 5.32 Å². The third-order valence-electron chi connectivity index (χ3n) is 4.54. The number of nitrogens with zero attached hydrogens (tertiary/aromatic N) is 2. The van der Waals surface area contributed by atoms with Crippen LogP contribution in [0.2, 0.25) is 0 Å². The maximum atomic E-state index is 12.7. The largest absolute Gasteiger partial charge is 0.357 e. The molecule has 0 aliphatic carbocycles. The highest BCUT2D eigenvalue weighted by atomic mass is 16.2. The van der Waals surface area contributed by atoms with Gasteiger partial charge < -0.3 is 10.1 Å². The van der Waals surface area contributed by atoms with Crippen molar-refractivity contribution in [3.05, 3.63) is 34.4 Å². The molecule has 7 heteroatoms. The molecule has 7 nitrogen and oxygen atoms in total. The number of benzene rings is 1. The fourth-order valence-corrected chi connectivity index (χ4v) is 3.38. The Bertz CT molecular complexity index is 699. The van der Waals surface area contributed by atoms with E-state index >= 15 is 0 Å². The molecule has 24 heavy (non-hydrogen) atoms. The highest BCUT2D eigenvalue weighted by Gasteiger charge is 2.43. The van der Waals surface area contributed by atoms with Crippen molar-refractivity contribution in [3.8, 4) is 0 Å². The summed E-state index contributed by atoms with van der Waals surface area (Å²) in [4.78, 5) is 51.3. The summed E-state index contributed by atoms with van der Waals surface area (Å²) in [6, 6.07) is 2.55. The fourth-order valence-electron chi connectivity index (χ4n) is 3.38. The Balaban J connectivity index is 1.97. The van der Waals surface area contributed by atoms with E-state index < -0.39 is 23.8 Å². The Hall–Kier alpha value is -2.54. The van der Waals surface area contributed by atoms with E-state index in [1.165, 1.54) is 7.05 Å². The summed E-state index contributed by atoms with van der Waals surface area (Å²) in [7, 11) is 3.42. The average Bonchev–Trinajstić information content (AvgIpc) is 3.04. The number of rotatable bonds is 5. The first-order valence-electron chi connectivity index (χ1n) is 7.85. The third-order valence-corrected chi connectivity index (χ3v) is 4.54. The van der Waals surface area contributed by atoms with Crippen molar-refractivity contribution in [3.63, 3.8) is 0 Å². The topological polar surface area (TPSA) is 86.8 Å². The highest BCUT2D eigenvalue weighted by Crippen LogP contribution is 2.32. The number of hydrogen-bond acceptors (Lipinski definition) is 5. The van der Waals surface area contributed by atoms with Crippen LogP contribution in [-0.4, -0.2) is 53.9 Å². The molecule has 0 saturated carbocycles. The number of carbonyl (C=O) groups excluding carboxylic acids is 4. The zero-order valence-electron chi connectivity index (χ0n) is 13.7. The van der Waals surface area contributed by atoms with Gasteiger partial charge in [-0.05, 0) is 36.7 Å². The molecule has 2 aliphatic rings. The molecule has 126 valence electrons. The van der Waals surface area contributed by atoms with Crippen molar-refractivity contribution >= 4 is 24.0 Å². The van der Waals surface area contributed by atoms with Crippen molar-refractivity contribution in [2.75, 3.05) is 14.1 Å². The van der Waals surface area contributed by atoms with Gasteiger partial charge in [-0.3, -0.25) is 24.2 Å². The second-order valence-electron chi connectivity index (χ2n) is 6.19. The molecule has 3 rings (SSSR count). The van der Waals surface area contributed by atoms with Gasteiger partial charge in [0.25, 0.3) is 11.8 Å². The molecule has 1 aromatic rings. The Morgan fingerprint density at radius 2 is 1.75 bits per heavy atom. The number of nitrogens with one attached hydrogen (secondary N) is 1. The normalized spacial score (nSPS) is 17.7. The van der Waals surface area contributed by atoms with Crippen molar-refractivity contribution in [1.82, 2.24) is 15.1 Å². The molecule has 0 aromatic heterocycles. The first-order chi connectivity index (χ1) is 11.5. The predicted molar refractivity (Wildman–Crippen MR) is 85.3 cm³/mol. The number of amides is 3. The number of likely N-dealkylation sites (N-methyl/N-ethyl adjacent to an activating group) is 1. The van der Waals surface area contributed by atoms with Gasteiger partial charge in [0, 0.05) is 26.6 Å². The molecule has 0 saturated heterocycles. The summed E-state index contributed by atoms with van der Waals surface area (Å²) >= 11 is 0. The molecule has 0 fully saturated rings. The summed E-state index contributed by atoms with van der Waals surface area (Å²) in [6.07, 6.45) is 0.905. The van der Waals surface area contributed by atoms with Gasteiger partial charge in [0.2, 0.25) is 5.91 Å². The Labute approximate surface area is 139 Å². The number of aldehydes is 1. The van der Waals surface area contributed by atoms with Crippen LogP contribution in [0.1, 0.15) is 44.7 Å². The summed E-state index contributed by atoms with van der Waals surface area (Å²) in [5.41, 5.74) is 2.75. The van der Waals surface area contributed by atoms with Gasteiger partial charge in [-0.15, -0.1) is 0 Å². The number of imide groups is 1. The van der Waals surface area contributed by atoms with Crippen molar-refractivity contribution < 1.29 is 19.2 Å². The molecule has 2 heterocycles. The molecule has 1 aromatic carbocycles. The maximum absolute atomic E-state index is 12.7. The summed E-state index contributed by atoms with van der Waals surface area (Å²) in [5, 5.41) is 2.46. The van der Waals surface area contributed by atoms with Crippen LogP contribution in [0, 0.1) is 0 Å². The molecule has 1 unspecified atom stereocenters. The summed E-state index contributed by atoms with van der Waals surface area (Å²) in [6.45, 7) is 1.46. The minimum atomic E-state index is -0.967.